The molecule has 0 radical (unpaired) electrons. The van der Waals surface area contributed by atoms with Crippen molar-refractivity contribution in [3.63, 3.8) is 0 Å². The number of amides is 1. The van der Waals surface area contributed by atoms with Crippen LogP contribution in [0.2, 0.25) is 0 Å². The minimum Gasteiger partial charge on any atom is -0.421 e. The van der Waals surface area contributed by atoms with Crippen molar-refractivity contribution in [2.75, 3.05) is 6.54 Å². The van der Waals surface area contributed by atoms with Crippen LogP contribution in [0.4, 0.5) is 13.2 Å². The van der Waals surface area contributed by atoms with Gasteiger partial charge < -0.3 is 9.73 Å². The van der Waals surface area contributed by atoms with Gasteiger partial charge in [-0.2, -0.15) is 13.2 Å². The number of nitrogens with zero attached hydrogens (tertiary/aromatic N) is 2. The molecule has 1 amide bonds. The zero-order valence-corrected chi connectivity index (χ0v) is 14.4. The van der Waals surface area contributed by atoms with E-state index in [1.54, 1.807) is 0 Å². The summed E-state index contributed by atoms with van der Waals surface area (Å²) in [4.78, 5) is 12.0. The molecule has 1 N–H and O–H groups in total. The van der Waals surface area contributed by atoms with Crippen LogP contribution in [-0.4, -0.2) is 22.6 Å². The van der Waals surface area contributed by atoms with Crippen LogP contribution in [0.25, 0.3) is 11.5 Å². The maximum absolute atomic E-state index is 12.5. The molecule has 3 aromatic rings. The Balaban J connectivity index is 1.54. The van der Waals surface area contributed by atoms with Crippen molar-refractivity contribution in [1.29, 1.82) is 0 Å². The Bertz CT molecular complexity index is 917. The van der Waals surface area contributed by atoms with Gasteiger partial charge in [0.2, 0.25) is 11.8 Å². The van der Waals surface area contributed by atoms with Gasteiger partial charge >= 0.3 is 6.18 Å². The third-order valence-corrected chi connectivity index (χ3v) is 3.86. The van der Waals surface area contributed by atoms with E-state index in [9.17, 15) is 18.0 Å². The molecule has 5 nitrogen and oxygen atoms in total. The number of hydrogen-bond donors (Lipinski definition) is 1. The minimum atomic E-state index is -4.43. The summed E-state index contributed by atoms with van der Waals surface area (Å²) >= 11 is 0. The summed E-state index contributed by atoms with van der Waals surface area (Å²) in [6.07, 6.45) is -4.12. The first-order chi connectivity index (χ1) is 12.8. The van der Waals surface area contributed by atoms with Crippen LogP contribution in [0.3, 0.4) is 0 Å². The van der Waals surface area contributed by atoms with Gasteiger partial charge in [0.15, 0.2) is 0 Å². The molecule has 0 spiro atoms. The van der Waals surface area contributed by atoms with Crippen molar-refractivity contribution in [3.8, 4) is 11.5 Å². The van der Waals surface area contributed by atoms with Gasteiger partial charge in [-0.05, 0) is 43.3 Å². The second-order valence-corrected chi connectivity index (χ2v) is 5.95. The summed E-state index contributed by atoms with van der Waals surface area (Å²) < 4.78 is 43.1. The number of alkyl halides is 3. The van der Waals surface area contributed by atoms with Crippen LogP contribution in [0, 0.1) is 6.92 Å². The van der Waals surface area contributed by atoms with Crippen molar-refractivity contribution in [2.24, 2.45) is 0 Å². The normalized spacial score (nSPS) is 11.4. The Labute approximate surface area is 153 Å². The molecule has 0 unspecified atom stereocenters. The van der Waals surface area contributed by atoms with E-state index in [2.05, 4.69) is 15.5 Å². The Morgan fingerprint density at radius 2 is 1.70 bits per heavy atom. The van der Waals surface area contributed by atoms with Gasteiger partial charge in [-0.15, -0.1) is 10.2 Å². The highest BCUT2D eigenvalue weighted by atomic mass is 19.4. The molecule has 3 rings (SSSR count). The van der Waals surface area contributed by atoms with E-state index < -0.39 is 17.6 Å². The standard InChI is InChI=1S/C19H16F3N3O2/c1-12-2-4-14(5-3-12)18-25-24-16(27-18)10-11-23-17(26)13-6-8-15(9-7-13)19(20,21)22/h2-9H,10-11H2,1H3,(H,23,26). The predicted octanol–water partition coefficient (Wildman–Crippen LogP) is 4.04. The van der Waals surface area contributed by atoms with Crippen molar-refractivity contribution in [2.45, 2.75) is 19.5 Å². The highest BCUT2D eigenvalue weighted by molar-refractivity contribution is 5.94. The predicted molar refractivity (Wildman–Crippen MR) is 92.0 cm³/mol. The van der Waals surface area contributed by atoms with Gasteiger partial charge in [0.05, 0.1) is 5.56 Å². The lowest BCUT2D eigenvalue weighted by atomic mass is 10.1. The number of aryl methyl sites for hydroxylation is 1. The zero-order valence-electron chi connectivity index (χ0n) is 14.4. The number of rotatable bonds is 5. The van der Waals surface area contributed by atoms with Crippen LogP contribution in [0.5, 0.6) is 0 Å². The van der Waals surface area contributed by atoms with Crippen molar-refractivity contribution >= 4 is 5.91 Å². The molecule has 8 heteroatoms. The van der Waals surface area contributed by atoms with Gasteiger partial charge in [0, 0.05) is 24.1 Å². The molecule has 140 valence electrons. The summed E-state index contributed by atoms with van der Waals surface area (Å²) in [6, 6.07) is 11.6. The first-order valence-corrected chi connectivity index (χ1v) is 8.18. The fourth-order valence-electron chi connectivity index (χ4n) is 2.36. The molecular formula is C19H16F3N3O2. The third-order valence-electron chi connectivity index (χ3n) is 3.86. The number of carbonyl (C=O) groups excluding carboxylic acids is 1. The number of carbonyl (C=O) groups is 1. The zero-order chi connectivity index (χ0) is 19.4. The monoisotopic (exact) mass is 375 g/mol. The van der Waals surface area contributed by atoms with E-state index in [1.165, 1.54) is 0 Å². The number of halogens is 3. The molecule has 2 aromatic carbocycles. The number of nitrogens with one attached hydrogen (secondary N) is 1. The van der Waals surface area contributed by atoms with Crippen LogP contribution in [0.1, 0.15) is 27.4 Å². The molecule has 0 fully saturated rings. The summed E-state index contributed by atoms with van der Waals surface area (Å²) in [5, 5.41) is 10.5. The summed E-state index contributed by atoms with van der Waals surface area (Å²) in [6.45, 7) is 2.19. The first kappa shape index (κ1) is 18.6. The average Bonchev–Trinajstić information content (AvgIpc) is 3.10. The van der Waals surface area contributed by atoms with Gasteiger partial charge in [-0.25, -0.2) is 0 Å². The van der Waals surface area contributed by atoms with Crippen LogP contribution in [-0.2, 0) is 12.6 Å². The number of benzene rings is 2. The van der Waals surface area contributed by atoms with E-state index in [-0.39, 0.29) is 12.1 Å². The van der Waals surface area contributed by atoms with Crippen LogP contribution in [0.15, 0.2) is 52.9 Å². The molecular weight excluding hydrogens is 359 g/mol. The Morgan fingerprint density at radius 1 is 1.04 bits per heavy atom. The van der Waals surface area contributed by atoms with Crippen molar-refractivity contribution in [3.05, 3.63) is 71.1 Å². The quantitative estimate of drug-likeness (QED) is 0.731. The lowest BCUT2D eigenvalue weighted by Gasteiger charge is -2.07. The number of hydrogen-bond acceptors (Lipinski definition) is 4. The van der Waals surface area contributed by atoms with E-state index in [1.807, 2.05) is 31.2 Å². The Kier molecular flexibility index (Phi) is 5.25. The summed E-state index contributed by atoms with van der Waals surface area (Å²) in [5.74, 6) is 0.277. The SMILES string of the molecule is Cc1ccc(-c2nnc(CCNC(=O)c3ccc(C(F)(F)F)cc3)o2)cc1. The second kappa shape index (κ2) is 7.61. The third kappa shape index (κ3) is 4.72. The highest BCUT2D eigenvalue weighted by Gasteiger charge is 2.30. The maximum atomic E-state index is 12.5. The van der Waals surface area contributed by atoms with E-state index in [0.29, 0.717) is 18.2 Å². The van der Waals surface area contributed by atoms with E-state index in [4.69, 9.17) is 4.42 Å². The molecule has 0 aliphatic carbocycles. The van der Waals surface area contributed by atoms with Gasteiger partial charge in [-0.3, -0.25) is 4.79 Å². The van der Waals surface area contributed by atoms with E-state index >= 15 is 0 Å². The van der Waals surface area contributed by atoms with Crippen LogP contribution >= 0.6 is 0 Å². The Morgan fingerprint density at radius 3 is 2.33 bits per heavy atom. The molecule has 0 aliphatic heterocycles. The lowest BCUT2D eigenvalue weighted by Crippen LogP contribution is -2.25. The van der Waals surface area contributed by atoms with E-state index in [0.717, 1.165) is 35.4 Å². The van der Waals surface area contributed by atoms with Gasteiger partial charge in [0.1, 0.15) is 0 Å². The topological polar surface area (TPSA) is 68.0 Å². The maximum Gasteiger partial charge on any atom is 0.416 e. The molecule has 0 aliphatic rings. The number of aromatic nitrogens is 2. The average molecular weight is 375 g/mol. The molecule has 0 bridgehead atoms. The van der Waals surface area contributed by atoms with Crippen LogP contribution < -0.4 is 5.32 Å². The molecule has 27 heavy (non-hydrogen) atoms. The first-order valence-electron chi connectivity index (χ1n) is 8.18. The van der Waals surface area contributed by atoms with Crippen molar-refractivity contribution in [1.82, 2.24) is 15.5 Å². The van der Waals surface area contributed by atoms with Gasteiger partial charge in [-0.1, -0.05) is 17.7 Å². The smallest absolute Gasteiger partial charge is 0.416 e. The summed E-state index contributed by atoms with van der Waals surface area (Å²) in [7, 11) is 0. The molecule has 1 heterocycles. The molecule has 0 saturated heterocycles. The molecule has 1 aromatic heterocycles. The highest BCUT2D eigenvalue weighted by Crippen LogP contribution is 2.29. The fourth-order valence-corrected chi connectivity index (χ4v) is 2.36. The fraction of sp³-hybridized carbons (Fsp3) is 0.211. The lowest BCUT2D eigenvalue weighted by molar-refractivity contribution is -0.137. The molecule has 0 atom stereocenters. The minimum absolute atomic E-state index is 0.147. The largest absolute Gasteiger partial charge is 0.421 e. The van der Waals surface area contributed by atoms with Gasteiger partial charge in [0.25, 0.3) is 5.91 Å². The van der Waals surface area contributed by atoms with Crippen molar-refractivity contribution < 1.29 is 22.4 Å². The summed E-state index contributed by atoms with van der Waals surface area (Å²) in [5.41, 5.74) is 1.26. The second-order valence-electron chi connectivity index (χ2n) is 5.95. The molecule has 0 saturated carbocycles. The Hall–Kier alpha value is -3.16.